The van der Waals surface area contributed by atoms with Crippen LogP contribution in [0, 0.1) is 5.92 Å². The Morgan fingerprint density at radius 3 is 2.57 bits per heavy atom. The number of carboxylic acids is 1. The van der Waals surface area contributed by atoms with Crippen LogP contribution >= 0.6 is 11.3 Å². The van der Waals surface area contributed by atoms with Crippen LogP contribution in [0.5, 0.6) is 0 Å². The first-order chi connectivity index (χ1) is 9.88. The minimum absolute atomic E-state index is 0.0119. The van der Waals surface area contributed by atoms with Crippen LogP contribution in [0.15, 0.2) is 12.1 Å². The molecule has 1 fully saturated rings. The number of carbonyl (C=O) groups excluding carboxylic acids is 2. The van der Waals surface area contributed by atoms with Crippen LogP contribution in [-0.4, -0.2) is 40.4 Å². The molecular weight excluding hydrogens is 292 g/mol. The summed E-state index contributed by atoms with van der Waals surface area (Å²) in [5, 5.41) is 12.3. The first-order valence-electron chi connectivity index (χ1n) is 6.82. The van der Waals surface area contributed by atoms with Crippen LogP contribution in [0.2, 0.25) is 0 Å². The third-order valence-electron chi connectivity index (χ3n) is 3.20. The van der Waals surface area contributed by atoms with Crippen molar-refractivity contribution in [2.75, 3.05) is 11.9 Å². The van der Waals surface area contributed by atoms with Gasteiger partial charge in [0.1, 0.15) is 6.54 Å². The number of hydrogen-bond acceptors (Lipinski definition) is 4. The minimum Gasteiger partial charge on any atom is -0.480 e. The Balaban J connectivity index is 2.05. The van der Waals surface area contributed by atoms with Gasteiger partial charge in [0.05, 0.1) is 9.88 Å². The van der Waals surface area contributed by atoms with Gasteiger partial charge in [-0.25, -0.2) is 0 Å². The van der Waals surface area contributed by atoms with E-state index < -0.39 is 5.97 Å². The van der Waals surface area contributed by atoms with Gasteiger partial charge in [-0.2, -0.15) is 0 Å². The zero-order valence-corrected chi connectivity index (χ0v) is 12.8. The third kappa shape index (κ3) is 4.04. The molecule has 114 valence electrons. The zero-order chi connectivity index (χ0) is 15.6. The van der Waals surface area contributed by atoms with Gasteiger partial charge in [-0.3, -0.25) is 14.4 Å². The standard InChI is InChI=1S/C14H18N2O4S/c1-8(2)16(7-12(17)18)14(20)10-5-6-11(21-10)15-13(19)9-3-4-9/h5-6,8-9H,3-4,7H2,1-2H3,(H,15,19)(H,17,18). The number of amides is 2. The molecule has 0 saturated heterocycles. The number of carbonyl (C=O) groups is 3. The van der Waals surface area contributed by atoms with Gasteiger partial charge in [-0.15, -0.1) is 11.3 Å². The Morgan fingerprint density at radius 1 is 1.38 bits per heavy atom. The van der Waals surface area contributed by atoms with Gasteiger partial charge >= 0.3 is 5.97 Å². The number of nitrogens with zero attached hydrogens (tertiary/aromatic N) is 1. The molecule has 1 aromatic rings. The maximum atomic E-state index is 12.3. The minimum atomic E-state index is -1.05. The highest BCUT2D eigenvalue weighted by Crippen LogP contribution is 2.31. The van der Waals surface area contributed by atoms with E-state index in [1.165, 1.54) is 16.2 Å². The molecule has 0 bridgehead atoms. The summed E-state index contributed by atoms with van der Waals surface area (Å²) < 4.78 is 0. The molecule has 21 heavy (non-hydrogen) atoms. The van der Waals surface area contributed by atoms with E-state index in [4.69, 9.17) is 5.11 Å². The average molecular weight is 310 g/mol. The smallest absolute Gasteiger partial charge is 0.323 e. The van der Waals surface area contributed by atoms with Gasteiger partial charge in [0.15, 0.2) is 0 Å². The van der Waals surface area contributed by atoms with E-state index in [1.807, 2.05) is 0 Å². The molecule has 0 aliphatic heterocycles. The summed E-state index contributed by atoms with van der Waals surface area (Å²) in [5.74, 6) is -1.28. The number of aliphatic carboxylic acids is 1. The molecule has 1 aliphatic carbocycles. The number of anilines is 1. The molecule has 0 unspecified atom stereocenters. The number of rotatable bonds is 6. The summed E-state index contributed by atoms with van der Waals surface area (Å²) >= 11 is 1.17. The molecule has 2 rings (SSSR count). The van der Waals surface area contributed by atoms with Crippen molar-refractivity contribution in [3.63, 3.8) is 0 Å². The fourth-order valence-corrected chi connectivity index (χ4v) is 2.73. The highest BCUT2D eigenvalue weighted by molar-refractivity contribution is 7.18. The van der Waals surface area contributed by atoms with Crippen molar-refractivity contribution in [1.82, 2.24) is 4.90 Å². The van der Waals surface area contributed by atoms with Crippen LogP contribution in [0.1, 0.15) is 36.4 Å². The molecule has 1 heterocycles. The maximum Gasteiger partial charge on any atom is 0.323 e. The van der Waals surface area contributed by atoms with Crippen molar-refractivity contribution >= 4 is 34.1 Å². The predicted octanol–water partition coefficient (Wildman–Crippen LogP) is 2.03. The van der Waals surface area contributed by atoms with Crippen LogP contribution in [0.25, 0.3) is 0 Å². The van der Waals surface area contributed by atoms with E-state index in [0.717, 1.165) is 12.8 Å². The second-order valence-electron chi connectivity index (χ2n) is 5.35. The average Bonchev–Trinajstić information content (AvgIpc) is 3.16. The molecule has 6 nitrogen and oxygen atoms in total. The highest BCUT2D eigenvalue weighted by Gasteiger charge is 2.30. The zero-order valence-electron chi connectivity index (χ0n) is 12.0. The monoisotopic (exact) mass is 310 g/mol. The summed E-state index contributed by atoms with van der Waals surface area (Å²) in [7, 11) is 0. The normalized spacial score (nSPS) is 14.0. The number of thiophene rings is 1. The van der Waals surface area contributed by atoms with E-state index in [-0.39, 0.29) is 30.3 Å². The van der Waals surface area contributed by atoms with E-state index in [0.29, 0.717) is 9.88 Å². The Hall–Kier alpha value is -1.89. The van der Waals surface area contributed by atoms with Crippen molar-refractivity contribution in [2.45, 2.75) is 32.7 Å². The fraction of sp³-hybridized carbons (Fsp3) is 0.500. The van der Waals surface area contributed by atoms with Crippen LogP contribution in [0.4, 0.5) is 5.00 Å². The summed E-state index contributed by atoms with van der Waals surface area (Å²) in [4.78, 5) is 36.5. The van der Waals surface area contributed by atoms with Crippen molar-refractivity contribution in [1.29, 1.82) is 0 Å². The number of hydrogen-bond donors (Lipinski definition) is 2. The summed E-state index contributed by atoms with van der Waals surface area (Å²) in [6.45, 7) is 3.20. The van der Waals surface area contributed by atoms with Crippen LogP contribution < -0.4 is 5.32 Å². The largest absolute Gasteiger partial charge is 0.480 e. The lowest BCUT2D eigenvalue weighted by Gasteiger charge is -2.24. The SMILES string of the molecule is CC(C)N(CC(=O)O)C(=O)c1ccc(NC(=O)C2CC2)s1. The predicted molar refractivity (Wildman–Crippen MR) is 79.5 cm³/mol. The second-order valence-corrected chi connectivity index (χ2v) is 6.43. The van der Waals surface area contributed by atoms with E-state index in [9.17, 15) is 14.4 Å². The second kappa shape index (κ2) is 6.26. The summed E-state index contributed by atoms with van der Waals surface area (Å²) in [6.07, 6.45) is 1.84. The molecule has 2 N–H and O–H groups in total. The Morgan fingerprint density at radius 2 is 2.05 bits per heavy atom. The van der Waals surface area contributed by atoms with Gasteiger partial charge in [0.2, 0.25) is 5.91 Å². The quantitative estimate of drug-likeness (QED) is 0.841. The molecule has 0 atom stereocenters. The van der Waals surface area contributed by atoms with E-state index in [2.05, 4.69) is 5.32 Å². The van der Waals surface area contributed by atoms with Gasteiger partial charge in [0.25, 0.3) is 5.91 Å². The first-order valence-corrected chi connectivity index (χ1v) is 7.63. The van der Waals surface area contributed by atoms with Crippen LogP contribution in [-0.2, 0) is 9.59 Å². The van der Waals surface area contributed by atoms with Gasteiger partial charge in [-0.05, 0) is 38.8 Å². The lowest BCUT2D eigenvalue weighted by atomic mass is 10.3. The van der Waals surface area contributed by atoms with Crippen LogP contribution in [0.3, 0.4) is 0 Å². The molecule has 1 aromatic heterocycles. The van der Waals surface area contributed by atoms with E-state index >= 15 is 0 Å². The molecule has 0 spiro atoms. The van der Waals surface area contributed by atoms with Crippen molar-refractivity contribution in [2.24, 2.45) is 5.92 Å². The van der Waals surface area contributed by atoms with Gasteiger partial charge < -0.3 is 15.3 Å². The lowest BCUT2D eigenvalue weighted by molar-refractivity contribution is -0.138. The van der Waals surface area contributed by atoms with Gasteiger partial charge in [0, 0.05) is 12.0 Å². The lowest BCUT2D eigenvalue weighted by Crippen LogP contribution is -2.40. The maximum absolute atomic E-state index is 12.3. The van der Waals surface area contributed by atoms with Gasteiger partial charge in [-0.1, -0.05) is 0 Å². The molecule has 1 saturated carbocycles. The molecule has 7 heteroatoms. The Kier molecular flexibility index (Phi) is 4.62. The molecule has 2 amide bonds. The molecule has 0 aromatic carbocycles. The van der Waals surface area contributed by atoms with Crippen molar-refractivity contribution in [3.8, 4) is 0 Å². The molecule has 0 radical (unpaired) electrons. The van der Waals surface area contributed by atoms with Crippen molar-refractivity contribution in [3.05, 3.63) is 17.0 Å². The Bertz CT molecular complexity index is 563. The molecule has 1 aliphatic rings. The third-order valence-corrected chi connectivity index (χ3v) is 4.19. The summed E-state index contributed by atoms with van der Waals surface area (Å²) in [6, 6.07) is 3.09. The fourth-order valence-electron chi connectivity index (χ4n) is 1.87. The number of carboxylic acid groups (broad SMARTS) is 1. The Labute approximate surface area is 126 Å². The number of nitrogens with one attached hydrogen (secondary N) is 1. The van der Waals surface area contributed by atoms with Crippen molar-refractivity contribution < 1.29 is 19.5 Å². The topological polar surface area (TPSA) is 86.7 Å². The highest BCUT2D eigenvalue weighted by atomic mass is 32.1. The summed E-state index contributed by atoms with van der Waals surface area (Å²) in [5.41, 5.74) is 0. The van der Waals surface area contributed by atoms with E-state index in [1.54, 1.807) is 26.0 Å². The molecular formula is C14H18N2O4S. The first kappa shape index (κ1) is 15.5.